The number of nitrogens with zero attached hydrogens (tertiary/aromatic N) is 3. The number of hydrogen-bond acceptors (Lipinski definition) is 4. The maximum atomic E-state index is 12.9. The number of rotatable bonds is 3. The molecule has 0 spiro atoms. The lowest BCUT2D eigenvalue weighted by atomic mass is 9.79. The summed E-state index contributed by atoms with van der Waals surface area (Å²) in [5.41, 5.74) is 6.50. The van der Waals surface area contributed by atoms with Gasteiger partial charge in [0.2, 0.25) is 11.8 Å². The van der Waals surface area contributed by atoms with Crippen LogP contribution in [0.4, 0.5) is 33.7 Å². The van der Waals surface area contributed by atoms with Gasteiger partial charge in [0.25, 0.3) is 0 Å². The van der Waals surface area contributed by atoms with E-state index in [0.29, 0.717) is 27.8 Å². The molecule has 0 saturated heterocycles. The second-order valence-electron chi connectivity index (χ2n) is 9.91. The van der Waals surface area contributed by atoms with Crippen molar-refractivity contribution in [3.8, 4) is 0 Å². The molecule has 2 aliphatic rings. The molecular formula is C23H26Cl2F4N4O2. The SMILES string of the molecule is CC(C)(C)N(C(=O)O)c1cnc(C2CC(F)(F)C2)c(Cl)c1.Nc1cnc(C2CC(F)(F)C2)c(Cl)c1. The minimum absolute atomic E-state index is 0.163. The first-order valence-electron chi connectivity index (χ1n) is 10.8. The van der Waals surface area contributed by atoms with Crippen molar-refractivity contribution in [2.75, 3.05) is 10.6 Å². The molecule has 0 unspecified atom stereocenters. The lowest BCUT2D eigenvalue weighted by molar-refractivity contribution is -0.0881. The standard InChI is InChI=1S/C14H17ClF2N2O2.C9H9ClF2N2/c1-13(2,3)19(12(20)21)9-4-10(15)11(18-7-9)8-5-14(16,17)6-8;10-7-1-6(13)4-14-8(7)5-2-9(11,12)3-5/h4,7-8H,5-6H2,1-3H3,(H,20,21);1,4-5H,2-3,13H2. The summed E-state index contributed by atoms with van der Waals surface area (Å²) in [6, 6.07) is 3.01. The number of anilines is 2. The number of alkyl halides is 4. The van der Waals surface area contributed by atoms with Gasteiger partial charge in [0.05, 0.1) is 45.2 Å². The fraction of sp³-hybridized carbons (Fsp3) is 0.522. The molecule has 0 aliphatic heterocycles. The van der Waals surface area contributed by atoms with Crippen LogP contribution in [0.15, 0.2) is 24.5 Å². The number of nitrogens with two attached hydrogens (primary N) is 1. The number of halogens is 6. The third-order valence-corrected chi connectivity index (χ3v) is 6.43. The molecule has 2 aromatic heterocycles. The van der Waals surface area contributed by atoms with Crippen molar-refractivity contribution in [2.24, 2.45) is 0 Å². The van der Waals surface area contributed by atoms with Crippen LogP contribution in [0.1, 0.15) is 69.7 Å². The molecule has 2 saturated carbocycles. The zero-order valence-electron chi connectivity index (χ0n) is 19.3. The number of hydrogen-bond donors (Lipinski definition) is 2. The molecule has 192 valence electrons. The van der Waals surface area contributed by atoms with Crippen molar-refractivity contribution in [3.63, 3.8) is 0 Å². The molecule has 2 aliphatic carbocycles. The third-order valence-electron chi connectivity index (χ3n) is 5.82. The van der Waals surface area contributed by atoms with Crippen LogP contribution in [-0.2, 0) is 0 Å². The lowest BCUT2D eigenvalue weighted by Crippen LogP contribution is -2.45. The summed E-state index contributed by atoms with van der Waals surface area (Å²) in [7, 11) is 0. The second-order valence-corrected chi connectivity index (χ2v) is 10.7. The van der Waals surface area contributed by atoms with E-state index in [1.165, 1.54) is 18.5 Å². The third kappa shape index (κ3) is 6.46. The Labute approximate surface area is 210 Å². The molecule has 4 rings (SSSR count). The number of aromatic nitrogens is 2. The monoisotopic (exact) mass is 536 g/mol. The summed E-state index contributed by atoms with van der Waals surface area (Å²) in [5.74, 6) is -5.78. The number of amides is 1. The minimum Gasteiger partial charge on any atom is -0.465 e. The van der Waals surface area contributed by atoms with Gasteiger partial charge in [0.1, 0.15) is 0 Å². The highest BCUT2D eigenvalue weighted by Gasteiger charge is 2.48. The number of pyridine rings is 2. The summed E-state index contributed by atoms with van der Waals surface area (Å²) in [6.45, 7) is 5.24. The molecule has 0 bridgehead atoms. The maximum absolute atomic E-state index is 12.9. The topological polar surface area (TPSA) is 92.3 Å². The Balaban J connectivity index is 0.000000211. The van der Waals surface area contributed by atoms with Crippen LogP contribution in [0.3, 0.4) is 0 Å². The predicted octanol–water partition coefficient (Wildman–Crippen LogP) is 7.36. The Morgan fingerprint density at radius 2 is 1.40 bits per heavy atom. The first-order valence-corrected chi connectivity index (χ1v) is 11.6. The zero-order valence-corrected chi connectivity index (χ0v) is 20.8. The van der Waals surface area contributed by atoms with Gasteiger partial charge in [-0.2, -0.15) is 0 Å². The Hall–Kier alpha value is -2.33. The van der Waals surface area contributed by atoms with Gasteiger partial charge in [-0.15, -0.1) is 0 Å². The lowest BCUT2D eigenvalue weighted by Gasteiger charge is -2.36. The molecular weight excluding hydrogens is 511 g/mol. The molecule has 6 nitrogen and oxygen atoms in total. The van der Waals surface area contributed by atoms with Crippen LogP contribution < -0.4 is 10.6 Å². The molecule has 1 amide bonds. The van der Waals surface area contributed by atoms with Crippen LogP contribution in [-0.4, -0.2) is 38.6 Å². The summed E-state index contributed by atoms with van der Waals surface area (Å²) in [6.07, 6.45) is 0.840. The first kappa shape index (κ1) is 27.3. The molecule has 35 heavy (non-hydrogen) atoms. The van der Waals surface area contributed by atoms with Crippen molar-refractivity contribution < 1.29 is 27.5 Å². The fourth-order valence-electron chi connectivity index (χ4n) is 4.12. The van der Waals surface area contributed by atoms with Crippen molar-refractivity contribution in [2.45, 2.75) is 75.7 Å². The van der Waals surface area contributed by atoms with E-state index < -0.39 is 23.5 Å². The van der Waals surface area contributed by atoms with E-state index in [2.05, 4.69) is 9.97 Å². The van der Waals surface area contributed by atoms with Crippen molar-refractivity contribution in [1.82, 2.24) is 9.97 Å². The first-order chi connectivity index (χ1) is 16.0. The second kappa shape index (κ2) is 9.61. The largest absolute Gasteiger partial charge is 0.465 e. The maximum Gasteiger partial charge on any atom is 0.412 e. The van der Waals surface area contributed by atoms with E-state index in [0.717, 1.165) is 4.90 Å². The smallest absolute Gasteiger partial charge is 0.412 e. The van der Waals surface area contributed by atoms with Crippen molar-refractivity contribution in [3.05, 3.63) is 46.0 Å². The summed E-state index contributed by atoms with van der Waals surface area (Å²) in [5, 5.41) is 9.92. The summed E-state index contributed by atoms with van der Waals surface area (Å²) < 4.78 is 51.0. The minimum atomic E-state index is -2.65. The van der Waals surface area contributed by atoms with Gasteiger partial charge in [-0.25, -0.2) is 22.4 Å². The molecule has 0 aromatic carbocycles. The van der Waals surface area contributed by atoms with Crippen LogP contribution in [0.25, 0.3) is 0 Å². The normalized spacial score (nSPS) is 19.1. The highest BCUT2D eigenvalue weighted by Crippen LogP contribution is 2.50. The molecule has 0 atom stereocenters. The molecule has 3 N–H and O–H groups in total. The Morgan fingerprint density at radius 3 is 1.74 bits per heavy atom. The van der Waals surface area contributed by atoms with Crippen molar-refractivity contribution >= 4 is 40.7 Å². The molecule has 2 fully saturated rings. The Kier molecular flexibility index (Phi) is 7.49. The number of nitrogen functional groups attached to an aromatic ring is 1. The molecule has 2 aromatic rings. The average Bonchev–Trinajstić information content (AvgIpc) is 2.63. The van der Waals surface area contributed by atoms with E-state index >= 15 is 0 Å². The number of carbonyl (C=O) groups is 1. The van der Waals surface area contributed by atoms with Gasteiger partial charge >= 0.3 is 6.09 Å². The van der Waals surface area contributed by atoms with Crippen LogP contribution in [0.2, 0.25) is 10.0 Å². The van der Waals surface area contributed by atoms with Crippen LogP contribution in [0.5, 0.6) is 0 Å². The van der Waals surface area contributed by atoms with Gasteiger partial charge in [-0.3, -0.25) is 14.9 Å². The van der Waals surface area contributed by atoms with E-state index in [4.69, 9.17) is 28.9 Å². The Morgan fingerprint density at radius 1 is 0.971 bits per heavy atom. The van der Waals surface area contributed by atoms with Gasteiger partial charge in [0, 0.05) is 43.1 Å². The highest BCUT2D eigenvalue weighted by atomic mass is 35.5. The van der Waals surface area contributed by atoms with Gasteiger partial charge in [-0.1, -0.05) is 23.2 Å². The Bertz CT molecular complexity index is 1100. The van der Waals surface area contributed by atoms with E-state index in [1.54, 1.807) is 26.8 Å². The van der Waals surface area contributed by atoms with Gasteiger partial charge in [-0.05, 0) is 32.9 Å². The highest BCUT2D eigenvalue weighted by molar-refractivity contribution is 6.31. The summed E-state index contributed by atoms with van der Waals surface area (Å²) >= 11 is 11.9. The van der Waals surface area contributed by atoms with E-state index in [-0.39, 0.29) is 42.5 Å². The molecule has 12 heteroatoms. The number of carboxylic acid groups (broad SMARTS) is 1. The van der Waals surface area contributed by atoms with E-state index in [1.807, 2.05) is 0 Å². The summed E-state index contributed by atoms with van der Waals surface area (Å²) in [4.78, 5) is 20.6. The molecule has 0 radical (unpaired) electrons. The van der Waals surface area contributed by atoms with E-state index in [9.17, 15) is 27.5 Å². The fourth-order valence-corrected chi connectivity index (χ4v) is 4.76. The van der Waals surface area contributed by atoms with Gasteiger partial charge < -0.3 is 10.8 Å². The quantitative estimate of drug-likeness (QED) is 0.399. The van der Waals surface area contributed by atoms with Crippen LogP contribution >= 0.6 is 23.2 Å². The molecule has 2 heterocycles. The zero-order chi connectivity index (χ0) is 26.3. The van der Waals surface area contributed by atoms with Crippen molar-refractivity contribution in [1.29, 1.82) is 0 Å². The predicted molar refractivity (Wildman–Crippen MR) is 127 cm³/mol. The van der Waals surface area contributed by atoms with Gasteiger partial charge in [0.15, 0.2) is 0 Å². The van der Waals surface area contributed by atoms with Crippen LogP contribution in [0, 0.1) is 0 Å². The average molecular weight is 537 g/mol.